The molecule has 0 spiro atoms. The summed E-state index contributed by atoms with van der Waals surface area (Å²) in [7, 11) is 0. The van der Waals surface area contributed by atoms with Crippen molar-refractivity contribution in [2.24, 2.45) is 4.99 Å². The summed E-state index contributed by atoms with van der Waals surface area (Å²) in [5.74, 6) is 0.0286. The van der Waals surface area contributed by atoms with E-state index >= 15 is 0 Å². The van der Waals surface area contributed by atoms with Gasteiger partial charge in [-0.2, -0.15) is 0 Å². The largest absolute Gasteiger partial charge is 0.487 e. The summed E-state index contributed by atoms with van der Waals surface area (Å²) in [4.78, 5) is 32.2. The molecule has 1 atom stereocenters. The van der Waals surface area contributed by atoms with Crippen LogP contribution in [-0.2, 0) is 16.1 Å². The van der Waals surface area contributed by atoms with Crippen molar-refractivity contribution in [3.05, 3.63) is 127 Å². The first-order chi connectivity index (χ1) is 19.7. The molecule has 0 aliphatic carbocycles. The third-order valence-electron chi connectivity index (χ3n) is 6.31. The quantitative estimate of drug-likeness (QED) is 0.152. The van der Waals surface area contributed by atoms with Gasteiger partial charge in [0.2, 0.25) is 0 Å². The second-order valence-electron chi connectivity index (χ2n) is 9.05. The number of esters is 1. The Labute approximate surface area is 268 Å². The normalized spacial score (nSPS) is 15.0. The van der Waals surface area contributed by atoms with Crippen molar-refractivity contribution in [3.63, 3.8) is 0 Å². The Bertz CT molecular complexity index is 1880. The SMILES string of the molecule is CCOC(=O)C1=C(C)N=c2s/c(=C\c3cc(Cl)cc(I)c3OCc3cccc(Cl)c3)c(=O)n2[C@H]1c1ccccc1Cl. The lowest BCUT2D eigenvalue weighted by molar-refractivity contribution is -0.139. The molecule has 210 valence electrons. The number of benzene rings is 3. The van der Waals surface area contributed by atoms with Gasteiger partial charge < -0.3 is 9.47 Å². The predicted octanol–water partition coefficient (Wildman–Crippen LogP) is 6.94. The van der Waals surface area contributed by atoms with Crippen molar-refractivity contribution in [1.82, 2.24) is 4.57 Å². The number of fused-ring (bicyclic) bond motifs is 1. The fourth-order valence-electron chi connectivity index (χ4n) is 4.55. The van der Waals surface area contributed by atoms with Gasteiger partial charge in [-0.25, -0.2) is 9.79 Å². The molecule has 4 aromatic rings. The van der Waals surface area contributed by atoms with Crippen molar-refractivity contribution in [2.75, 3.05) is 6.61 Å². The number of carbonyl (C=O) groups excluding carboxylic acids is 1. The Balaban J connectivity index is 1.66. The van der Waals surface area contributed by atoms with Gasteiger partial charge in [0.05, 0.1) is 26.0 Å². The Morgan fingerprint density at radius 1 is 1.10 bits per heavy atom. The highest BCUT2D eigenvalue weighted by atomic mass is 127. The van der Waals surface area contributed by atoms with Crippen molar-refractivity contribution in [3.8, 4) is 5.75 Å². The number of hydrogen-bond acceptors (Lipinski definition) is 6. The van der Waals surface area contributed by atoms with Gasteiger partial charge in [-0.1, -0.05) is 76.5 Å². The van der Waals surface area contributed by atoms with Crippen LogP contribution in [0.3, 0.4) is 0 Å². The lowest BCUT2D eigenvalue weighted by Gasteiger charge is -2.25. The van der Waals surface area contributed by atoms with Gasteiger partial charge in [0.15, 0.2) is 4.80 Å². The van der Waals surface area contributed by atoms with Crippen molar-refractivity contribution in [2.45, 2.75) is 26.5 Å². The molecule has 0 radical (unpaired) electrons. The van der Waals surface area contributed by atoms with Crippen LogP contribution in [0.4, 0.5) is 0 Å². The van der Waals surface area contributed by atoms with Crippen LogP contribution >= 0.6 is 68.7 Å². The van der Waals surface area contributed by atoms with Crippen LogP contribution in [0.15, 0.2) is 81.7 Å². The third-order valence-corrected chi connectivity index (χ3v) is 8.89. The third kappa shape index (κ3) is 6.27. The smallest absolute Gasteiger partial charge is 0.338 e. The second kappa shape index (κ2) is 12.7. The standard InChI is InChI=1S/C30H22Cl3IN2O4S/c1-3-39-29(38)25-16(2)35-30-36(26(25)21-9-4-5-10-22(21)33)28(37)24(41-30)13-18-12-20(32)14-23(34)27(18)40-15-17-7-6-8-19(31)11-17/h4-14,26H,3,15H2,1-2H3/b24-13-/t26-/m0/s1. The van der Waals surface area contributed by atoms with E-state index in [4.69, 9.17) is 44.3 Å². The maximum absolute atomic E-state index is 14.0. The first kappa shape index (κ1) is 29.8. The summed E-state index contributed by atoms with van der Waals surface area (Å²) >= 11 is 22.5. The summed E-state index contributed by atoms with van der Waals surface area (Å²) in [6, 6.07) is 17.3. The highest BCUT2D eigenvalue weighted by molar-refractivity contribution is 14.1. The van der Waals surface area contributed by atoms with E-state index in [-0.39, 0.29) is 24.3 Å². The van der Waals surface area contributed by atoms with Gasteiger partial charge >= 0.3 is 5.97 Å². The number of ether oxygens (including phenoxy) is 2. The van der Waals surface area contributed by atoms with Gasteiger partial charge in [-0.15, -0.1) is 0 Å². The van der Waals surface area contributed by atoms with E-state index in [0.29, 0.717) is 47.0 Å². The zero-order chi connectivity index (χ0) is 29.3. The minimum atomic E-state index is -0.806. The van der Waals surface area contributed by atoms with E-state index in [1.54, 1.807) is 56.3 Å². The number of aromatic nitrogens is 1. The molecule has 0 amide bonds. The molecule has 6 nitrogen and oxygen atoms in total. The van der Waals surface area contributed by atoms with Gasteiger partial charge in [-0.05, 0) is 84.0 Å². The average molecular weight is 740 g/mol. The minimum absolute atomic E-state index is 0.181. The lowest BCUT2D eigenvalue weighted by Crippen LogP contribution is -2.40. The maximum atomic E-state index is 14.0. The topological polar surface area (TPSA) is 69.9 Å². The van der Waals surface area contributed by atoms with E-state index in [1.165, 1.54) is 15.9 Å². The van der Waals surface area contributed by atoms with Gasteiger partial charge in [0, 0.05) is 20.6 Å². The first-order valence-corrected chi connectivity index (χ1v) is 15.5. The fourth-order valence-corrected chi connectivity index (χ4v) is 7.25. The summed E-state index contributed by atoms with van der Waals surface area (Å²) in [5, 5.41) is 1.53. The van der Waals surface area contributed by atoms with Crippen LogP contribution in [0.25, 0.3) is 6.08 Å². The fraction of sp³-hybridized carbons (Fsp3) is 0.167. The van der Waals surface area contributed by atoms with E-state index in [0.717, 1.165) is 9.13 Å². The number of rotatable bonds is 7. The maximum Gasteiger partial charge on any atom is 0.338 e. The number of hydrogen-bond donors (Lipinski definition) is 0. The zero-order valence-electron chi connectivity index (χ0n) is 21.8. The number of allylic oxidation sites excluding steroid dienone is 1. The van der Waals surface area contributed by atoms with Crippen molar-refractivity contribution < 1.29 is 14.3 Å². The Kier molecular flexibility index (Phi) is 9.25. The van der Waals surface area contributed by atoms with Crippen LogP contribution in [0.1, 0.15) is 36.6 Å². The monoisotopic (exact) mass is 738 g/mol. The zero-order valence-corrected chi connectivity index (χ0v) is 27.0. The Morgan fingerprint density at radius 2 is 1.88 bits per heavy atom. The summed E-state index contributed by atoms with van der Waals surface area (Å²) in [6.45, 7) is 3.91. The molecule has 0 unspecified atom stereocenters. The number of halogens is 4. The van der Waals surface area contributed by atoms with Crippen LogP contribution in [0, 0.1) is 3.57 Å². The summed E-state index contributed by atoms with van der Waals surface area (Å²) in [6.07, 6.45) is 1.73. The van der Waals surface area contributed by atoms with Crippen molar-refractivity contribution >= 4 is 80.8 Å². The summed E-state index contributed by atoms with van der Waals surface area (Å²) in [5.41, 5.74) is 2.52. The molecule has 1 aromatic heterocycles. The molecule has 0 N–H and O–H groups in total. The highest BCUT2D eigenvalue weighted by Crippen LogP contribution is 2.35. The van der Waals surface area contributed by atoms with Crippen LogP contribution in [-0.4, -0.2) is 17.1 Å². The highest BCUT2D eigenvalue weighted by Gasteiger charge is 2.34. The van der Waals surface area contributed by atoms with Crippen LogP contribution in [0.2, 0.25) is 15.1 Å². The van der Waals surface area contributed by atoms with Gasteiger partial charge in [0.25, 0.3) is 5.56 Å². The number of carbonyl (C=O) groups is 1. The molecule has 41 heavy (non-hydrogen) atoms. The first-order valence-electron chi connectivity index (χ1n) is 12.5. The van der Waals surface area contributed by atoms with Crippen LogP contribution < -0.4 is 19.6 Å². The molecule has 5 rings (SSSR count). The molecular formula is C30H22Cl3IN2O4S. The minimum Gasteiger partial charge on any atom is -0.487 e. The molecule has 11 heteroatoms. The van der Waals surface area contributed by atoms with E-state index in [2.05, 4.69) is 27.6 Å². The molecular weight excluding hydrogens is 718 g/mol. The van der Waals surface area contributed by atoms with E-state index in [9.17, 15) is 9.59 Å². The molecule has 1 aliphatic heterocycles. The van der Waals surface area contributed by atoms with E-state index in [1.807, 2.05) is 24.3 Å². The molecule has 0 bridgehead atoms. The Hall–Kier alpha value is -2.63. The predicted molar refractivity (Wildman–Crippen MR) is 172 cm³/mol. The molecule has 3 aromatic carbocycles. The molecule has 0 fully saturated rings. The average Bonchev–Trinajstić information content (AvgIpc) is 3.22. The number of nitrogens with zero attached hydrogens (tertiary/aromatic N) is 2. The lowest BCUT2D eigenvalue weighted by atomic mass is 9.96. The molecule has 0 saturated carbocycles. The molecule has 1 aliphatic rings. The van der Waals surface area contributed by atoms with E-state index < -0.39 is 12.0 Å². The van der Waals surface area contributed by atoms with Gasteiger partial charge in [-0.3, -0.25) is 9.36 Å². The second-order valence-corrected chi connectivity index (χ2v) is 12.5. The molecule has 2 heterocycles. The number of thiazole rings is 1. The molecule has 0 saturated heterocycles. The Morgan fingerprint density at radius 3 is 2.61 bits per heavy atom. The van der Waals surface area contributed by atoms with Crippen molar-refractivity contribution in [1.29, 1.82) is 0 Å². The van der Waals surface area contributed by atoms with Gasteiger partial charge in [0.1, 0.15) is 18.4 Å². The summed E-state index contributed by atoms with van der Waals surface area (Å²) < 4.78 is 14.2. The van der Waals surface area contributed by atoms with Crippen LogP contribution in [0.5, 0.6) is 5.75 Å².